The molecular formula is C12H16BrFN2O4S. The SMILES string of the molecule is COCC(C)(C)NC(=O)c1cc(Br)cc(S(N)(=O)=O)c1F. The van der Waals surface area contributed by atoms with E-state index >= 15 is 0 Å². The van der Waals surface area contributed by atoms with Gasteiger partial charge in [-0.05, 0) is 26.0 Å². The van der Waals surface area contributed by atoms with E-state index < -0.39 is 37.7 Å². The summed E-state index contributed by atoms with van der Waals surface area (Å²) in [6.07, 6.45) is 0. The van der Waals surface area contributed by atoms with E-state index in [0.29, 0.717) is 0 Å². The van der Waals surface area contributed by atoms with Crippen molar-refractivity contribution in [3.8, 4) is 0 Å². The molecule has 9 heteroatoms. The highest BCUT2D eigenvalue weighted by molar-refractivity contribution is 9.10. The van der Waals surface area contributed by atoms with Gasteiger partial charge in [-0.3, -0.25) is 4.79 Å². The number of methoxy groups -OCH3 is 1. The van der Waals surface area contributed by atoms with Gasteiger partial charge in [-0.1, -0.05) is 15.9 Å². The molecule has 0 bridgehead atoms. The number of sulfonamides is 1. The van der Waals surface area contributed by atoms with E-state index in [9.17, 15) is 17.6 Å². The first-order chi connectivity index (χ1) is 9.48. The molecule has 0 aliphatic carbocycles. The zero-order valence-corrected chi connectivity index (χ0v) is 14.1. The zero-order valence-electron chi connectivity index (χ0n) is 11.7. The Bertz CT molecular complexity index is 661. The predicted octanol–water partition coefficient (Wildman–Crippen LogP) is 1.39. The summed E-state index contributed by atoms with van der Waals surface area (Å²) in [4.78, 5) is 11.4. The molecule has 0 spiro atoms. The molecule has 6 nitrogen and oxygen atoms in total. The summed E-state index contributed by atoms with van der Waals surface area (Å²) >= 11 is 3.03. The summed E-state index contributed by atoms with van der Waals surface area (Å²) in [6, 6.07) is 2.18. The summed E-state index contributed by atoms with van der Waals surface area (Å²) in [7, 11) is -2.81. The van der Waals surface area contributed by atoms with Gasteiger partial charge in [0.05, 0.1) is 17.7 Å². The second-order valence-corrected chi connectivity index (χ2v) is 7.53. The number of rotatable bonds is 5. The topological polar surface area (TPSA) is 98.5 Å². The highest BCUT2D eigenvalue weighted by atomic mass is 79.9. The molecule has 1 aromatic rings. The van der Waals surface area contributed by atoms with Crippen LogP contribution in [0.2, 0.25) is 0 Å². The van der Waals surface area contributed by atoms with Crippen molar-refractivity contribution in [2.75, 3.05) is 13.7 Å². The molecule has 0 aliphatic rings. The van der Waals surface area contributed by atoms with Gasteiger partial charge in [0.2, 0.25) is 10.0 Å². The Kier molecular flexibility index (Phi) is 5.48. The Morgan fingerprint density at radius 2 is 2.05 bits per heavy atom. The molecule has 118 valence electrons. The van der Waals surface area contributed by atoms with Crippen molar-refractivity contribution in [2.45, 2.75) is 24.3 Å². The molecule has 0 heterocycles. The van der Waals surface area contributed by atoms with Gasteiger partial charge in [0.1, 0.15) is 4.90 Å². The number of halogens is 2. The fourth-order valence-electron chi connectivity index (χ4n) is 1.71. The van der Waals surface area contributed by atoms with Crippen molar-refractivity contribution in [1.29, 1.82) is 0 Å². The third-order valence-corrected chi connectivity index (χ3v) is 3.88. The standard InChI is InChI=1S/C12H16BrFN2O4S/c1-12(2,6-20-3)16-11(17)8-4-7(13)5-9(10(8)14)21(15,18)19/h4-5H,6H2,1-3H3,(H,16,17)(H2,15,18,19). The zero-order chi connectivity index (χ0) is 16.4. The van der Waals surface area contributed by atoms with Crippen LogP contribution in [-0.4, -0.2) is 33.6 Å². The lowest BCUT2D eigenvalue weighted by Crippen LogP contribution is -2.47. The number of hydrogen-bond acceptors (Lipinski definition) is 4. The maximum absolute atomic E-state index is 14.2. The summed E-state index contributed by atoms with van der Waals surface area (Å²) in [6.45, 7) is 3.58. The predicted molar refractivity (Wildman–Crippen MR) is 78.9 cm³/mol. The maximum atomic E-state index is 14.2. The Morgan fingerprint density at radius 3 is 2.52 bits per heavy atom. The molecule has 3 N–H and O–H groups in total. The molecule has 1 aromatic carbocycles. The smallest absolute Gasteiger partial charge is 0.254 e. The third kappa shape index (κ3) is 4.73. The highest BCUT2D eigenvalue weighted by Gasteiger charge is 2.26. The van der Waals surface area contributed by atoms with E-state index in [0.717, 1.165) is 6.07 Å². The van der Waals surface area contributed by atoms with Crippen LogP contribution in [0, 0.1) is 5.82 Å². The van der Waals surface area contributed by atoms with Crippen LogP contribution in [0.1, 0.15) is 24.2 Å². The lowest BCUT2D eigenvalue weighted by molar-refractivity contribution is 0.0815. The second-order valence-electron chi connectivity index (χ2n) is 5.08. The van der Waals surface area contributed by atoms with E-state index in [1.165, 1.54) is 13.2 Å². The van der Waals surface area contributed by atoms with Crippen molar-refractivity contribution < 1.29 is 22.3 Å². The van der Waals surface area contributed by atoms with Crippen molar-refractivity contribution in [2.24, 2.45) is 5.14 Å². The number of primary sulfonamides is 1. The first kappa shape index (κ1) is 18.0. The Morgan fingerprint density at radius 1 is 1.48 bits per heavy atom. The van der Waals surface area contributed by atoms with Crippen molar-refractivity contribution in [3.63, 3.8) is 0 Å². The van der Waals surface area contributed by atoms with Crippen LogP contribution in [0.3, 0.4) is 0 Å². The third-order valence-electron chi connectivity index (χ3n) is 2.51. The maximum Gasteiger partial charge on any atom is 0.254 e. The molecule has 0 atom stereocenters. The van der Waals surface area contributed by atoms with Gasteiger partial charge in [-0.2, -0.15) is 0 Å². The number of benzene rings is 1. The van der Waals surface area contributed by atoms with Gasteiger partial charge in [0.25, 0.3) is 5.91 Å². The van der Waals surface area contributed by atoms with Crippen LogP contribution in [0.5, 0.6) is 0 Å². The molecule has 0 fully saturated rings. The van der Waals surface area contributed by atoms with Crippen LogP contribution < -0.4 is 10.5 Å². The molecule has 0 aromatic heterocycles. The number of nitrogens with two attached hydrogens (primary N) is 1. The number of amides is 1. The summed E-state index contributed by atoms with van der Waals surface area (Å²) < 4.78 is 42.0. The van der Waals surface area contributed by atoms with Gasteiger partial charge in [-0.25, -0.2) is 17.9 Å². The summed E-state index contributed by atoms with van der Waals surface area (Å²) in [5, 5.41) is 7.49. The largest absolute Gasteiger partial charge is 0.382 e. The fraction of sp³-hybridized carbons (Fsp3) is 0.417. The second kappa shape index (κ2) is 6.39. The Labute approximate surface area is 131 Å². The van der Waals surface area contributed by atoms with Crippen LogP contribution in [0.25, 0.3) is 0 Å². The quantitative estimate of drug-likeness (QED) is 0.803. The minimum Gasteiger partial charge on any atom is -0.382 e. The van der Waals surface area contributed by atoms with E-state index in [1.807, 2.05) is 0 Å². The van der Waals surface area contributed by atoms with Gasteiger partial charge in [0.15, 0.2) is 5.82 Å². The number of hydrogen-bond donors (Lipinski definition) is 2. The number of carbonyl (C=O) groups excluding carboxylic acids is 1. The molecule has 0 saturated carbocycles. The van der Waals surface area contributed by atoms with Gasteiger partial charge < -0.3 is 10.1 Å². The molecule has 0 unspecified atom stereocenters. The van der Waals surface area contributed by atoms with Gasteiger partial charge in [0, 0.05) is 11.6 Å². The summed E-state index contributed by atoms with van der Waals surface area (Å²) in [5.74, 6) is -1.95. The van der Waals surface area contributed by atoms with Crippen LogP contribution in [0.15, 0.2) is 21.5 Å². The minimum atomic E-state index is -4.28. The normalized spacial score (nSPS) is 12.3. The molecule has 1 rings (SSSR count). The highest BCUT2D eigenvalue weighted by Crippen LogP contribution is 2.23. The van der Waals surface area contributed by atoms with Gasteiger partial charge >= 0.3 is 0 Å². The Hall–Kier alpha value is -1.03. The van der Waals surface area contributed by atoms with Crippen LogP contribution >= 0.6 is 15.9 Å². The van der Waals surface area contributed by atoms with Crippen molar-refractivity contribution in [3.05, 3.63) is 28.0 Å². The molecule has 0 aliphatic heterocycles. The fourth-order valence-corrected chi connectivity index (χ4v) is 2.97. The number of ether oxygens (including phenoxy) is 1. The van der Waals surface area contributed by atoms with Crippen molar-refractivity contribution >= 4 is 31.9 Å². The molecular weight excluding hydrogens is 367 g/mol. The first-order valence-electron chi connectivity index (χ1n) is 5.81. The minimum absolute atomic E-state index is 0.205. The lowest BCUT2D eigenvalue weighted by atomic mass is 10.1. The average Bonchev–Trinajstić information content (AvgIpc) is 2.29. The van der Waals surface area contributed by atoms with E-state index in [4.69, 9.17) is 9.88 Å². The summed E-state index contributed by atoms with van der Waals surface area (Å²) in [5.41, 5.74) is -1.17. The van der Waals surface area contributed by atoms with E-state index in [2.05, 4.69) is 21.2 Å². The first-order valence-corrected chi connectivity index (χ1v) is 8.15. The molecule has 21 heavy (non-hydrogen) atoms. The molecule has 1 amide bonds. The van der Waals surface area contributed by atoms with Crippen LogP contribution in [-0.2, 0) is 14.8 Å². The Balaban J connectivity index is 3.26. The monoisotopic (exact) mass is 382 g/mol. The number of nitrogens with one attached hydrogen (secondary N) is 1. The van der Waals surface area contributed by atoms with E-state index in [1.54, 1.807) is 13.8 Å². The van der Waals surface area contributed by atoms with Crippen molar-refractivity contribution in [1.82, 2.24) is 5.32 Å². The molecule has 0 radical (unpaired) electrons. The van der Waals surface area contributed by atoms with E-state index in [-0.39, 0.29) is 11.1 Å². The lowest BCUT2D eigenvalue weighted by Gasteiger charge is -2.25. The average molecular weight is 383 g/mol. The molecule has 0 saturated heterocycles. The number of carbonyl (C=O) groups is 1. The van der Waals surface area contributed by atoms with Crippen LogP contribution in [0.4, 0.5) is 4.39 Å². The van der Waals surface area contributed by atoms with Gasteiger partial charge in [-0.15, -0.1) is 0 Å².